The molecule has 0 saturated heterocycles. The van der Waals surface area contributed by atoms with Gasteiger partial charge in [0.15, 0.2) is 0 Å². The molecule has 0 unspecified atom stereocenters. The van der Waals surface area contributed by atoms with Gasteiger partial charge in [0, 0.05) is 12.4 Å². The van der Waals surface area contributed by atoms with Crippen molar-refractivity contribution in [2.24, 2.45) is 10.2 Å². The van der Waals surface area contributed by atoms with Gasteiger partial charge < -0.3 is 0 Å². The number of carbonyl (C=O) groups excluding carboxylic acids is 2. The molecule has 0 aromatic heterocycles. The highest BCUT2D eigenvalue weighted by molar-refractivity contribution is 5.94. The summed E-state index contributed by atoms with van der Waals surface area (Å²) in [6.07, 6.45) is 3.98. The van der Waals surface area contributed by atoms with Crippen molar-refractivity contribution in [3.05, 3.63) is 0 Å². The molecule has 6 nitrogen and oxygen atoms in total. The molecule has 2 aliphatic heterocycles. The summed E-state index contributed by atoms with van der Waals surface area (Å²) in [6, 6.07) is 0. The van der Waals surface area contributed by atoms with Crippen molar-refractivity contribution in [3.63, 3.8) is 0 Å². The molecule has 0 aliphatic carbocycles. The summed E-state index contributed by atoms with van der Waals surface area (Å²) >= 11 is 0. The zero-order chi connectivity index (χ0) is 8.81. The zero-order valence-electron chi connectivity index (χ0n) is 6.28. The maximum Gasteiger partial charge on any atom is 0.245 e. The number of hydrogen-bond acceptors (Lipinski definition) is 4. The summed E-state index contributed by atoms with van der Waals surface area (Å²) in [7, 11) is 0. The highest BCUT2D eigenvalue weighted by Crippen LogP contribution is 1.80. The van der Waals surface area contributed by atoms with Crippen LogP contribution in [0.3, 0.4) is 0 Å². The van der Waals surface area contributed by atoms with E-state index in [0.717, 1.165) is 0 Å². The molecule has 12 heavy (non-hydrogen) atoms. The molecule has 2 amide bonds. The van der Waals surface area contributed by atoms with Crippen LogP contribution in [0.25, 0.3) is 0 Å². The van der Waals surface area contributed by atoms with E-state index in [2.05, 4.69) is 21.1 Å². The van der Waals surface area contributed by atoms with Crippen LogP contribution in [0.15, 0.2) is 10.2 Å². The molecule has 0 aromatic rings. The number of carbonyl (C=O) groups is 2. The molecule has 0 fully saturated rings. The summed E-state index contributed by atoms with van der Waals surface area (Å²) in [5.41, 5.74) is 4.50. The normalized spacial score (nSPS) is 18.3. The first-order valence-corrected chi connectivity index (χ1v) is 3.40. The Morgan fingerprint density at radius 3 is 1.50 bits per heavy atom. The van der Waals surface area contributed by atoms with Crippen molar-refractivity contribution in [2.75, 3.05) is 0 Å². The lowest BCUT2D eigenvalue weighted by Gasteiger charge is -1.77. The maximum absolute atomic E-state index is 10.0. The molecule has 0 aromatic carbocycles. The number of hydrogen-bond donors (Lipinski definition) is 2. The van der Waals surface area contributed by atoms with Crippen LogP contribution in [0.1, 0.15) is 12.8 Å². The summed E-state index contributed by atoms with van der Waals surface area (Å²) in [5, 5.41) is 6.88. The number of nitrogens with zero attached hydrogens (tertiary/aromatic N) is 2. The SMILES string of the molecule is O=C1CC=NN1.O=C1CC=NN1. The van der Waals surface area contributed by atoms with Crippen LogP contribution >= 0.6 is 0 Å². The average molecular weight is 168 g/mol. The monoisotopic (exact) mass is 168 g/mol. The first-order chi connectivity index (χ1) is 5.79. The number of nitrogens with one attached hydrogen (secondary N) is 2. The van der Waals surface area contributed by atoms with Gasteiger partial charge in [-0.2, -0.15) is 10.2 Å². The Morgan fingerprint density at radius 1 is 1.00 bits per heavy atom. The summed E-state index contributed by atoms with van der Waals surface area (Å²) in [4.78, 5) is 20.0. The Hall–Kier alpha value is -1.72. The van der Waals surface area contributed by atoms with Crippen molar-refractivity contribution in [2.45, 2.75) is 12.8 Å². The van der Waals surface area contributed by atoms with E-state index < -0.39 is 0 Å². The molecule has 0 spiro atoms. The molecular weight excluding hydrogens is 160 g/mol. The lowest BCUT2D eigenvalue weighted by atomic mass is 10.5. The van der Waals surface area contributed by atoms with E-state index >= 15 is 0 Å². The van der Waals surface area contributed by atoms with Crippen LogP contribution < -0.4 is 10.9 Å². The van der Waals surface area contributed by atoms with E-state index in [0.29, 0.717) is 12.8 Å². The molecule has 0 atom stereocenters. The van der Waals surface area contributed by atoms with Gasteiger partial charge in [-0.15, -0.1) is 0 Å². The number of rotatable bonds is 0. The third kappa shape index (κ3) is 2.91. The highest BCUT2D eigenvalue weighted by Gasteiger charge is 1.99. The Labute approximate surface area is 68.7 Å². The van der Waals surface area contributed by atoms with E-state index in [1.54, 1.807) is 12.4 Å². The fourth-order valence-corrected chi connectivity index (χ4v) is 0.584. The van der Waals surface area contributed by atoms with Gasteiger partial charge >= 0.3 is 0 Å². The summed E-state index contributed by atoms with van der Waals surface area (Å²) in [5.74, 6) is -0.0370. The van der Waals surface area contributed by atoms with E-state index in [-0.39, 0.29) is 11.8 Å². The van der Waals surface area contributed by atoms with E-state index in [1.165, 1.54) is 0 Å². The fourth-order valence-electron chi connectivity index (χ4n) is 0.584. The Kier molecular flexibility index (Phi) is 2.95. The van der Waals surface area contributed by atoms with Crippen molar-refractivity contribution in [1.29, 1.82) is 0 Å². The lowest BCUT2D eigenvalue weighted by molar-refractivity contribution is -0.120. The minimum absolute atomic E-state index is 0.0185. The molecule has 2 aliphatic rings. The van der Waals surface area contributed by atoms with Gasteiger partial charge in [-0.1, -0.05) is 0 Å². The summed E-state index contributed by atoms with van der Waals surface area (Å²) < 4.78 is 0. The quantitative estimate of drug-likeness (QED) is 0.485. The Bertz CT molecular complexity index is 200. The topological polar surface area (TPSA) is 82.9 Å². The van der Waals surface area contributed by atoms with Crippen molar-refractivity contribution in [1.82, 2.24) is 10.9 Å². The second kappa shape index (κ2) is 4.22. The van der Waals surface area contributed by atoms with E-state index in [4.69, 9.17) is 0 Å². The zero-order valence-corrected chi connectivity index (χ0v) is 6.28. The first kappa shape index (κ1) is 8.38. The van der Waals surface area contributed by atoms with Gasteiger partial charge in [0.05, 0.1) is 12.8 Å². The molecule has 2 heterocycles. The van der Waals surface area contributed by atoms with Crippen LogP contribution in [0.5, 0.6) is 0 Å². The third-order valence-electron chi connectivity index (χ3n) is 1.11. The van der Waals surface area contributed by atoms with Gasteiger partial charge in [-0.05, 0) is 0 Å². The fraction of sp³-hybridized carbons (Fsp3) is 0.333. The summed E-state index contributed by atoms with van der Waals surface area (Å²) in [6.45, 7) is 0. The number of hydrazone groups is 2. The highest BCUT2D eigenvalue weighted by atomic mass is 16.2. The predicted octanol–water partition coefficient (Wildman–Crippen LogP) is -1.02. The molecule has 0 bridgehead atoms. The average Bonchev–Trinajstić information content (AvgIpc) is 2.63. The lowest BCUT2D eigenvalue weighted by Crippen LogP contribution is -2.08. The van der Waals surface area contributed by atoms with E-state index in [1.807, 2.05) is 0 Å². The van der Waals surface area contributed by atoms with Gasteiger partial charge in [0.1, 0.15) is 0 Å². The standard InChI is InChI=1S/2C3H4N2O/c2*6-3-1-2-4-5-3/h2*2H,1H2,(H,5,6). The second-order valence-electron chi connectivity index (χ2n) is 2.10. The maximum atomic E-state index is 10.0. The minimum Gasteiger partial charge on any atom is -0.273 e. The molecule has 0 saturated carbocycles. The van der Waals surface area contributed by atoms with Gasteiger partial charge in [0.2, 0.25) is 11.8 Å². The molecular formula is C6H8N4O2. The van der Waals surface area contributed by atoms with Gasteiger partial charge in [0.25, 0.3) is 0 Å². The third-order valence-corrected chi connectivity index (χ3v) is 1.11. The van der Waals surface area contributed by atoms with Crippen LogP contribution in [0.4, 0.5) is 0 Å². The van der Waals surface area contributed by atoms with Crippen LogP contribution in [-0.4, -0.2) is 24.2 Å². The van der Waals surface area contributed by atoms with E-state index in [9.17, 15) is 9.59 Å². The molecule has 2 N–H and O–H groups in total. The van der Waals surface area contributed by atoms with Crippen molar-refractivity contribution >= 4 is 24.2 Å². The first-order valence-electron chi connectivity index (χ1n) is 3.40. The van der Waals surface area contributed by atoms with Crippen molar-refractivity contribution < 1.29 is 9.59 Å². The smallest absolute Gasteiger partial charge is 0.245 e. The second-order valence-corrected chi connectivity index (χ2v) is 2.10. The molecule has 2 rings (SSSR count). The predicted molar refractivity (Wildman–Crippen MR) is 42.5 cm³/mol. The minimum atomic E-state index is -0.0185. The van der Waals surface area contributed by atoms with Gasteiger partial charge in [-0.3, -0.25) is 9.59 Å². The number of amides is 2. The largest absolute Gasteiger partial charge is 0.273 e. The van der Waals surface area contributed by atoms with Crippen molar-refractivity contribution in [3.8, 4) is 0 Å². The van der Waals surface area contributed by atoms with Crippen LogP contribution in [0.2, 0.25) is 0 Å². The molecule has 6 heteroatoms. The Morgan fingerprint density at radius 2 is 1.42 bits per heavy atom. The Balaban J connectivity index is 0.000000120. The van der Waals surface area contributed by atoms with Crippen LogP contribution in [0, 0.1) is 0 Å². The van der Waals surface area contributed by atoms with Gasteiger partial charge in [-0.25, -0.2) is 10.9 Å². The van der Waals surface area contributed by atoms with Crippen LogP contribution in [-0.2, 0) is 9.59 Å². The molecule has 64 valence electrons. The molecule has 0 radical (unpaired) electrons.